The van der Waals surface area contributed by atoms with E-state index < -0.39 is 0 Å². The number of halogens is 1. The highest BCUT2D eigenvalue weighted by Crippen LogP contribution is 2.30. The monoisotopic (exact) mass is 443 g/mol. The van der Waals surface area contributed by atoms with E-state index in [1.807, 2.05) is 26.0 Å². The van der Waals surface area contributed by atoms with E-state index in [1.54, 1.807) is 54.6 Å². The molecule has 5 rings (SSSR count). The first-order valence-corrected chi connectivity index (χ1v) is 10.4. The van der Waals surface area contributed by atoms with Crippen LogP contribution in [0.25, 0.3) is 21.9 Å². The molecule has 0 unspecified atom stereocenters. The van der Waals surface area contributed by atoms with E-state index in [1.165, 1.54) is 0 Å². The van der Waals surface area contributed by atoms with Gasteiger partial charge in [0.25, 0.3) is 5.91 Å². The Balaban J connectivity index is 1.44. The van der Waals surface area contributed by atoms with E-state index in [2.05, 4.69) is 5.32 Å². The zero-order valence-electron chi connectivity index (χ0n) is 17.4. The number of ketones is 1. The summed E-state index contributed by atoms with van der Waals surface area (Å²) in [7, 11) is 0. The Morgan fingerprint density at radius 1 is 0.844 bits per heavy atom. The van der Waals surface area contributed by atoms with Gasteiger partial charge in [0.15, 0.2) is 11.5 Å². The molecule has 0 aliphatic heterocycles. The number of amides is 1. The van der Waals surface area contributed by atoms with Crippen molar-refractivity contribution in [3.8, 4) is 0 Å². The van der Waals surface area contributed by atoms with E-state index in [-0.39, 0.29) is 17.5 Å². The summed E-state index contributed by atoms with van der Waals surface area (Å²) in [5.41, 5.74) is 4.10. The number of hydrogen-bond acceptors (Lipinski definition) is 4. The zero-order chi connectivity index (χ0) is 22.4. The van der Waals surface area contributed by atoms with Crippen molar-refractivity contribution in [2.75, 3.05) is 5.32 Å². The Bertz CT molecular complexity index is 1510. The molecule has 0 atom stereocenters. The van der Waals surface area contributed by atoms with Crippen molar-refractivity contribution in [3.63, 3.8) is 0 Å². The molecule has 5 nitrogen and oxygen atoms in total. The standard InChI is InChI=1S/C26H18ClNO4/c1-14-3-5-16(6-4-14)24(29)25-15(2)20-13-19(8-10-22(20)32-25)28-26(30)23-12-17-11-18(27)7-9-21(17)31-23/h3-13H,1-2H3,(H,28,30). The highest BCUT2D eigenvalue weighted by Gasteiger charge is 2.20. The second-order valence-corrected chi connectivity index (χ2v) is 8.15. The van der Waals surface area contributed by atoms with Crippen LogP contribution in [0.2, 0.25) is 5.02 Å². The lowest BCUT2D eigenvalue weighted by Crippen LogP contribution is -2.10. The Kier molecular flexibility index (Phi) is 4.83. The first kappa shape index (κ1) is 20.1. The third-order valence-electron chi connectivity index (χ3n) is 5.42. The molecule has 0 saturated carbocycles. The highest BCUT2D eigenvalue weighted by atomic mass is 35.5. The maximum absolute atomic E-state index is 12.9. The van der Waals surface area contributed by atoms with Crippen LogP contribution in [0.4, 0.5) is 5.69 Å². The van der Waals surface area contributed by atoms with E-state index >= 15 is 0 Å². The second kappa shape index (κ2) is 7.70. The first-order chi connectivity index (χ1) is 15.4. The van der Waals surface area contributed by atoms with Gasteiger partial charge < -0.3 is 14.2 Å². The molecule has 0 radical (unpaired) electrons. The third-order valence-corrected chi connectivity index (χ3v) is 5.65. The van der Waals surface area contributed by atoms with Crippen LogP contribution in [0.15, 0.2) is 75.6 Å². The zero-order valence-corrected chi connectivity index (χ0v) is 18.1. The minimum atomic E-state index is -0.381. The second-order valence-electron chi connectivity index (χ2n) is 7.71. The van der Waals surface area contributed by atoms with E-state index in [4.69, 9.17) is 20.4 Å². The van der Waals surface area contributed by atoms with Crippen LogP contribution in [0.3, 0.4) is 0 Å². The summed E-state index contributed by atoms with van der Waals surface area (Å²) in [5.74, 6) is -0.0815. The van der Waals surface area contributed by atoms with Gasteiger partial charge in [0.1, 0.15) is 11.2 Å². The summed E-state index contributed by atoms with van der Waals surface area (Å²) in [6, 6.07) is 19.4. The smallest absolute Gasteiger partial charge is 0.291 e. The molecule has 32 heavy (non-hydrogen) atoms. The van der Waals surface area contributed by atoms with Crippen LogP contribution in [0, 0.1) is 13.8 Å². The number of hydrogen-bond donors (Lipinski definition) is 1. The number of rotatable bonds is 4. The van der Waals surface area contributed by atoms with Crippen molar-refractivity contribution in [1.82, 2.24) is 0 Å². The summed E-state index contributed by atoms with van der Waals surface area (Å²) < 4.78 is 11.5. The fourth-order valence-corrected chi connectivity index (χ4v) is 3.85. The normalized spacial score (nSPS) is 11.2. The van der Waals surface area contributed by atoms with Crippen molar-refractivity contribution in [2.24, 2.45) is 0 Å². The van der Waals surface area contributed by atoms with Gasteiger partial charge in [0.2, 0.25) is 5.78 Å². The summed E-state index contributed by atoms with van der Waals surface area (Å²) in [6.45, 7) is 3.80. The summed E-state index contributed by atoms with van der Waals surface area (Å²) in [6.07, 6.45) is 0. The fraction of sp³-hybridized carbons (Fsp3) is 0.0769. The molecule has 6 heteroatoms. The molecule has 0 spiro atoms. The SMILES string of the molecule is Cc1ccc(C(=O)c2oc3ccc(NC(=O)c4cc5cc(Cl)ccc5o4)cc3c2C)cc1. The first-order valence-electron chi connectivity index (χ1n) is 10.0. The molecular formula is C26H18ClNO4. The van der Waals surface area contributed by atoms with Crippen LogP contribution in [-0.2, 0) is 0 Å². The van der Waals surface area contributed by atoms with Gasteiger partial charge in [-0.1, -0.05) is 41.4 Å². The molecule has 2 aromatic heterocycles. The van der Waals surface area contributed by atoms with Gasteiger partial charge in [0, 0.05) is 32.6 Å². The van der Waals surface area contributed by atoms with Gasteiger partial charge >= 0.3 is 0 Å². The minimum absolute atomic E-state index is 0.176. The van der Waals surface area contributed by atoms with E-state index in [9.17, 15) is 9.59 Å². The van der Waals surface area contributed by atoms with Crippen LogP contribution in [0.1, 0.15) is 37.8 Å². The predicted molar refractivity (Wildman–Crippen MR) is 125 cm³/mol. The molecule has 0 aliphatic carbocycles. The van der Waals surface area contributed by atoms with Gasteiger partial charge in [0.05, 0.1) is 0 Å². The van der Waals surface area contributed by atoms with Crippen LogP contribution < -0.4 is 5.32 Å². The van der Waals surface area contributed by atoms with Crippen LogP contribution in [0.5, 0.6) is 0 Å². The maximum atomic E-state index is 12.9. The summed E-state index contributed by atoms with van der Waals surface area (Å²) in [5, 5.41) is 4.92. The van der Waals surface area contributed by atoms with Crippen molar-refractivity contribution in [3.05, 3.63) is 100.0 Å². The van der Waals surface area contributed by atoms with Crippen molar-refractivity contribution in [1.29, 1.82) is 0 Å². The fourth-order valence-electron chi connectivity index (χ4n) is 3.67. The van der Waals surface area contributed by atoms with E-state index in [0.717, 1.165) is 21.9 Å². The molecular weight excluding hydrogens is 426 g/mol. The lowest BCUT2D eigenvalue weighted by atomic mass is 10.0. The number of nitrogens with one attached hydrogen (secondary N) is 1. The third kappa shape index (κ3) is 3.57. The molecule has 5 aromatic rings. The Morgan fingerprint density at radius 3 is 2.38 bits per heavy atom. The lowest BCUT2D eigenvalue weighted by molar-refractivity contribution is 0.0995. The maximum Gasteiger partial charge on any atom is 0.291 e. The summed E-state index contributed by atoms with van der Waals surface area (Å²) >= 11 is 6.00. The Labute approximate surface area is 188 Å². The number of aryl methyl sites for hydroxylation is 2. The molecule has 0 saturated heterocycles. The van der Waals surface area contributed by atoms with E-state index in [0.29, 0.717) is 33.2 Å². The average molecular weight is 444 g/mol. The molecule has 1 amide bonds. The van der Waals surface area contributed by atoms with Gasteiger partial charge in [-0.2, -0.15) is 0 Å². The van der Waals surface area contributed by atoms with Crippen LogP contribution in [-0.4, -0.2) is 11.7 Å². The molecule has 0 aliphatic rings. The molecule has 0 fully saturated rings. The molecule has 3 aromatic carbocycles. The van der Waals surface area contributed by atoms with Gasteiger partial charge in [-0.25, -0.2) is 0 Å². The largest absolute Gasteiger partial charge is 0.452 e. The number of benzene rings is 3. The van der Waals surface area contributed by atoms with Gasteiger partial charge in [-0.3, -0.25) is 9.59 Å². The average Bonchev–Trinajstić information content (AvgIpc) is 3.35. The molecule has 1 N–H and O–H groups in total. The Morgan fingerprint density at radius 2 is 1.59 bits per heavy atom. The van der Waals surface area contributed by atoms with Crippen molar-refractivity contribution < 1.29 is 18.4 Å². The van der Waals surface area contributed by atoms with Crippen LogP contribution >= 0.6 is 11.6 Å². The number of fused-ring (bicyclic) bond motifs is 2. The predicted octanol–water partition coefficient (Wildman–Crippen LogP) is 6.93. The number of carbonyl (C=O) groups excluding carboxylic acids is 2. The number of anilines is 1. The topological polar surface area (TPSA) is 72.5 Å². The molecule has 2 heterocycles. The Hall–Kier alpha value is -3.83. The van der Waals surface area contributed by atoms with Gasteiger partial charge in [-0.05, 0) is 56.3 Å². The van der Waals surface area contributed by atoms with Gasteiger partial charge in [-0.15, -0.1) is 0 Å². The van der Waals surface area contributed by atoms with Crippen molar-refractivity contribution in [2.45, 2.75) is 13.8 Å². The minimum Gasteiger partial charge on any atom is -0.452 e. The quantitative estimate of drug-likeness (QED) is 0.305. The molecule has 0 bridgehead atoms. The summed E-state index contributed by atoms with van der Waals surface area (Å²) in [4.78, 5) is 25.6. The number of furan rings is 2. The van der Waals surface area contributed by atoms with Crippen molar-refractivity contribution >= 4 is 50.9 Å². The highest BCUT2D eigenvalue weighted by molar-refractivity contribution is 6.31. The lowest BCUT2D eigenvalue weighted by Gasteiger charge is -2.03. The molecule has 158 valence electrons. The number of carbonyl (C=O) groups is 2.